The Labute approximate surface area is 149 Å². The summed E-state index contributed by atoms with van der Waals surface area (Å²) in [5.74, 6) is 1.42. The van der Waals surface area contributed by atoms with Gasteiger partial charge in [0.25, 0.3) is 0 Å². The summed E-state index contributed by atoms with van der Waals surface area (Å²) in [5.41, 5.74) is 1.92. The maximum atomic E-state index is 12.5. The monoisotopic (exact) mass is 342 g/mol. The minimum atomic E-state index is -0.188. The summed E-state index contributed by atoms with van der Waals surface area (Å²) in [6.45, 7) is 5.04. The zero-order valence-electron chi connectivity index (χ0n) is 15.3. The van der Waals surface area contributed by atoms with Gasteiger partial charge in [-0.15, -0.1) is 0 Å². The van der Waals surface area contributed by atoms with Gasteiger partial charge >= 0.3 is 0 Å². The highest BCUT2D eigenvalue weighted by atomic mass is 16.5. The first-order chi connectivity index (χ1) is 12.1. The standard InChI is InChI=1S/C20H26N2O3/c1-5-22(16-9-7-6-8-10-16)14-20(23)21-15(2)18-13-17(24-3)11-12-19(18)25-4/h6-13,15H,5,14H2,1-4H3,(H,21,23). The minimum Gasteiger partial charge on any atom is -0.497 e. The van der Waals surface area contributed by atoms with Gasteiger partial charge in [-0.2, -0.15) is 0 Å². The van der Waals surface area contributed by atoms with Gasteiger partial charge in [0.05, 0.1) is 26.8 Å². The minimum absolute atomic E-state index is 0.0388. The number of hydrogen-bond donors (Lipinski definition) is 1. The Morgan fingerprint density at radius 1 is 1.12 bits per heavy atom. The van der Waals surface area contributed by atoms with Crippen molar-refractivity contribution < 1.29 is 14.3 Å². The molecule has 0 heterocycles. The lowest BCUT2D eigenvalue weighted by atomic mass is 10.1. The summed E-state index contributed by atoms with van der Waals surface area (Å²) < 4.78 is 10.7. The number of likely N-dealkylation sites (N-methyl/N-ethyl adjacent to an activating group) is 1. The molecule has 0 fully saturated rings. The number of benzene rings is 2. The van der Waals surface area contributed by atoms with Crippen LogP contribution in [-0.2, 0) is 4.79 Å². The first-order valence-electron chi connectivity index (χ1n) is 8.40. The van der Waals surface area contributed by atoms with Crippen LogP contribution in [0.4, 0.5) is 5.69 Å². The first kappa shape index (κ1) is 18.6. The molecule has 0 radical (unpaired) electrons. The largest absolute Gasteiger partial charge is 0.497 e. The van der Waals surface area contributed by atoms with Crippen molar-refractivity contribution in [3.63, 3.8) is 0 Å². The Morgan fingerprint density at radius 3 is 2.44 bits per heavy atom. The molecule has 0 bridgehead atoms. The van der Waals surface area contributed by atoms with E-state index in [1.165, 1.54) is 0 Å². The van der Waals surface area contributed by atoms with Crippen LogP contribution in [0.2, 0.25) is 0 Å². The van der Waals surface area contributed by atoms with Crippen molar-refractivity contribution in [3.05, 3.63) is 54.1 Å². The number of rotatable bonds is 8. The summed E-state index contributed by atoms with van der Waals surface area (Å²) in [5, 5.41) is 3.04. The summed E-state index contributed by atoms with van der Waals surface area (Å²) in [6, 6.07) is 15.3. The molecule has 2 aromatic rings. The normalized spacial score (nSPS) is 11.5. The molecule has 0 spiro atoms. The molecule has 0 aliphatic rings. The Bertz CT molecular complexity index is 689. The Kier molecular flexibility index (Phi) is 6.69. The van der Waals surface area contributed by atoms with E-state index in [-0.39, 0.29) is 11.9 Å². The van der Waals surface area contributed by atoms with E-state index in [1.807, 2.05) is 67.3 Å². The van der Waals surface area contributed by atoms with Crippen LogP contribution in [0.5, 0.6) is 11.5 Å². The van der Waals surface area contributed by atoms with Crippen LogP contribution >= 0.6 is 0 Å². The molecular formula is C20H26N2O3. The predicted molar refractivity (Wildman–Crippen MR) is 100 cm³/mol. The van der Waals surface area contributed by atoms with Gasteiger partial charge in [-0.25, -0.2) is 0 Å². The fraction of sp³-hybridized carbons (Fsp3) is 0.350. The van der Waals surface area contributed by atoms with Crippen molar-refractivity contribution in [3.8, 4) is 11.5 Å². The van der Waals surface area contributed by atoms with Crippen molar-refractivity contribution in [2.75, 3.05) is 32.2 Å². The second kappa shape index (κ2) is 8.97. The lowest BCUT2D eigenvalue weighted by Crippen LogP contribution is -2.38. The van der Waals surface area contributed by atoms with E-state index in [0.717, 1.165) is 29.3 Å². The third kappa shape index (κ3) is 4.89. The van der Waals surface area contributed by atoms with E-state index in [0.29, 0.717) is 6.54 Å². The van der Waals surface area contributed by atoms with E-state index in [1.54, 1.807) is 14.2 Å². The lowest BCUT2D eigenvalue weighted by Gasteiger charge is -2.24. The third-order valence-corrected chi connectivity index (χ3v) is 4.12. The van der Waals surface area contributed by atoms with E-state index in [2.05, 4.69) is 5.32 Å². The number of carbonyl (C=O) groups excluding carboxylic acids is 1. The number of nitrogens with zero attached hydrogens (tertiary/aromatic N) is 1. The van der Waals surface area contributed by atoms with Gasteiger partial charge in [0.2, 0.25) is 5.91 Å². The molecule has 1 atom stereocenters. The highest BCUT2D eigenvalue weighted by Gasteiger charge is 2.17. The smallest absolute Gasteiger partial charge is 0.239 e. The average molecular weight is 342 g/mol. The highest BCUT2D eigenvalue weighted by Crippen LogP contribution is 2.29. The van der Waals surface area contributed by atoms with Crippen molar-refractivity contribution in [1.82, 2.24) is 5.32 Å². The molecule has 0 aliphatic heterocycles. The average Bonchev–Trinajstić information content (AvgIpc) is 2.66. The molecule has 0 aliphatic carbocycles. The number of anilines is 1. The van der Waals surface area contributed by atoms with Crippen LogP contribution in [-0.4, -0.2) is 33.2 Å². The third-order valence-electron chi connectivity index (χ3n) is 4.12. The number of carbonyl (C=O) groups is 1. The SMILES string of the molecule is CCN(CC(=O)NC(C)c1cc(OC)ccc1OC)c1ccccc1. The molecule has 0 saturated heterocycles. The lowest BCUT2D eigenvalue weighted by molar-refractivity contribution is -0.120. The predicted octanol–water partition coefficient (Wildman–Crippen LogP) is 3.41. The van der Waals surface area contributed by atoms with Gasteiger partial charge in [0.1, 0.15) is 11.5 Å². The van der Waals surface area contributed by atoms with Crippen molar-refractivity contribution >= 4 is 11.6 Å². The molecule has 5 nitrogen and oxygen atoms in total. The first-order valence-corrected chi connectivity index (χ1v) is 8.40. The molecule has 0 saturated carbocycles. The molecule has 0 aromatic heterocycles. The van der Waals surface area contributed by atoms with Crippen molar-refractivity contribution in [1.29, 1.82) is 0 Å². The molecule has 1 amide bonds. The quantitative estimate of drug-likeness (QED) is 0.799. The zero-order valence-corrected chi connectivity index (χ0v) is 15.3. The molecule has 25 heavy (non-hydrogen) atoms. The highest BCUT2D eigenvalue weighted by molar-refractivity contribution is 5.81. The van der Waals surface area contributed by atoms with Gasteiger partial charge in [0.15, 0.2) is 0 Å². The van der Waals surface area contributed by atoms with Crippen LogP contribution in [0.1, 0.15) is 25.5 Å². The van der Waals surface area contributed by atoms with Crippen LogP contribution in [0.25, 0.3) is 0 Å². The van der Waals surface area contributed by atoms with E-state index < -0.39 is 0 Å². The zero-order chi connectivity index (χ0) is 18.2. The fourth-order valence-electron chi connectivity index (χ4n) is 2.74. The number of ether oxygens (including phenoxy) is 2. The molecule has 5 heteroatoms. The maximum Gasteiger partial charge on any atom is 0.239 e. The van der Waals surface area contributed by atoms with Crippen LogP contribution in [0, 0.1) is 0 Å². The number of hydrogen-bond acceptors (Lipinski definition) is 4. The summed E-state index contributed by atoms with van der Waals surface area (Å²) in [7, 11) is 3.24. The summed E-state index contributed by atoms with van der Waals surface area (Å²) >= 11 is 0. The molecule has 2 rings (SSSR count). The van der Waals surface area contributed by atoms with Crippen LogP contribution < -0.4 is 19.7 Å². The van der Waals surface area contributed by atoms with Crippen LogP contribution in [0.15, 0.2) is 48.5 Å². The van der Waals surface area contributed by atoms with Gasteiger partial charge in [-0.05, 0) is 44.2 Å². The number of amides is 1. The van der Waals surface area contributed by atoms with Crippen LogP contribution in [0.3, 0.4) is 0 Å². The number of para-hydroxylation sites is 1. The molecule has 1 unspecified atom stereocenters. The van der Waals surface area contributed by atoms with Gasteiger partial charge in [0, 0.05) is 17.8 Å². The Morgan fingerprint density at radius 2 is 1.84 bits per heavy atom. The fourth-order valence-corrected chi connectivity index (χ4v) is 2.74. The van der Waals surface area contributed by atoms with Crippen molar-refractivity contribution in [2.24, 2.45) is 0 Å². The van der Waals surface area contributed by atoms with Gasteiger partial charge in [-0.1, -0.05) is 18.2 Å². The van der Waals surface area contributed by atoms with Gasteiger partial charge < -0.3 is 19.7 Å². The van der Waals surface area contributed by atoms with E-state index >= 15 is 0 Å². The Balaban J connectivity index is 2.07. The molecule has 1 N–H and O–H groups in total. The Hall–Kier alpha value is -2.69. The topological polar surface area (TPSA) is 50.8 Å². The molecule has 2 aromatic carbocycles. The number of nitrogens with one attached hydrogen (secondary N) is 1. The molecular weight excluding hydrogens is 316 g/mol. The summed E-state index contributed by atoms with van der Waals surface area (Å²) in [4.78, 5) is 14.5. The second-order valence-corrected chi connectivity index (χ2v) is 5.75. The molecule has 134 valence electrons. The number of methoxy groups -OCH3 is 2. The second-order valence-electron chi connectivity index (χ2n) is 5.75. The summed E-state index contributed by atoms with van der Waals surface area (Å²) in [6.07, 6.45) is 0. The van der Waals surface area contributed by atoms with Crippen molar-refractivity contribution in [2.45, 2.75) is 19.9 Å². The van der Waals surface area contributed by atoms with E-state index in [4.69, 9.17) is 9.47 Å². The van der Waals surface area contributed by atoms with Gasteiger partial charge in [-0.3, -0.25) is 4.79 Å². The van der Waals surface area contributed by atoms with E-state index in [9.17, 15) is 4.79 Å². The maximum absolute atomic E-state index is 12.5.